The Hall–Kier alpha value is -0.760. The molecule has 84 valence electrons. The highest BCUT2D eigenvalue weighted by atomic mass is 16.3. The second-order valence-corrected chi connectivity index (χ2v) is 4.74. The molecule has 1 aliphatic heterocycles. The average molecular weight is 207 g/mol. The summed E-state index contributed by atoms with van der Waals surface area (Å²) in [5.74, 6) is 3.62. The van der Waals surface area contributed by atoms with Crippen molar-refractivity contribution in [2.24, 2.45) is 5.92 Å². The molecule has 2 heterocycles. The highest BCUT2D eigenvalue weighted by Gasteiger charge is 2.23. The third-order valence-electron chi connectivity index (χ3n) is 3.66. The normalized spacial score (nSPS) is 20.5. The van der Waals surface area contributed by atoms with E-state index in [9.17, 15) is 0 Å². The Labute approximate surface area is 92.1 Å². The van der Waals surface area contributed by atoms with E-state index in [1.165, 1.54) is 31.5 Å². The zero-order chi connectivity index (χ0) is 10.8. The van der Waals surface area contributed by atoms with E-state index in [1.807, 2.05) is 6.92 Å². The Morgan fingerprint density at radius 3 is 2.53 bits per heavy atom. The zero-order valence-electron chi connectivity index (χ0n) is 9.97. The molecule has 0 saturated carbocycles. The van der Waals surface area contributed by atoms with Crippen molar-refractivity contribution in [2.75, 3.05) is 13.1 Å². The van der Waals surface area contributed by atoms with E-state index in [4.69, 9.17) is 4.42 Å². The largest absolute Gasteiger partial charge is 0.466 e. The molecule has 2 rings (SSSR count). The second kappa shape index (κ2) is 4.40. The van der Waals surface area contributed by atoms with Gasteiger partial charge >= 0.3 is 0 Å². The van der Waals surface area contributed by atoms with Gasteiger partial charge < -0.3 is 9.73 Å². The van der Waals surface area contributed by atoms with Crippen LogP contribution in [0.5, 0.6) is 0 Å². The van der Waals surface area contributed by atoms with Gasteiger partial charge in [-0.3, -0.25) is 0 Å². The first-order valence-corrected chi connectivity index (χ1v) is 5.96. The Balaban J connectivity index is 2.12. The summed E-state index contributed by atoms with van der Waals surface area (Å²) in [7, 11) is 0. The number of aryl methyl sites for hydroxylation is 2. The maximum absolute atomic E-state index is 5.61. The van der Waals surface area contributed by atoms with Crippen LogP contribution in [0.1, 0.15) is 42.8 Å². The Kier molecular flexibility index (Phi) is 3.15. The Bertz CT molecular complexity index is 323. The molecule has 2 nitrogen and oxygen atoms in total. The van der Waals surface area contributed by atoms with Crippen molar-refractivity contribution < 1.29 is 4.42 Å². The minimum Gasteiger partial charge on any atom is -0.466 e. The van der Waals surface area contributed by atoms with E-state index in [1.54, 1.807) is 0 Å². The summed E-state index contributed by atoms with van der Waals surface area (Å²) < 4.78 is 5.61. The van der Waals surface area contributed by atoms with Crippen molar-refractivity contribution in [1.29, 1.82) is 0 Å². The third-order valence-corrected chi connectivity index (χ3v) is 3.66. The maximum atomic E-state index is 5.61. The molecular weight excluding hydrogens is 186 g/mol. The number of piperidine rings is 1. The van der Waals surface area contributed by atoms with Crippen molar-refractivity contribution in [3.63, 3.8) is 0 Å². The summed E-state index contributed by atoms with van der Waals surface area (Å²) in [6, 6.07) is 2.21. The van der Waals surface area contributed by atoms with Gasteiger partial charge in [-0.05, 0) is 63.2 Å². The molecule has 0 bridgehead atoms. The standard InChI is InChI=1S/C13H21NO/c1-9-8-13(11(3)15-9)10(2)12-4-6-14-7-5-12/h8,10,12,14H,4-7H2,1-3H3. The summed E-state index contributed by atoms with van der Waals surface area (Å²) in [4.78, 5) is 0. The van der Waals surface area contributed by atoms with E-state index in [-0.39, 0.29) is 0 Å². The smallest absolute Gasteiger partial charge is 0.104 e. The molecule has 2 heteroatoms. The van der Waals surface area contributed by atoms with E-state index in [0.29, 0.717) is 5.92 Å². The van der Waals surface area contributed by atoms with Crippen LogP contribution in [-0.2, 0) is 0 Å². The van der Waals surface area contributed by atoms with Crippen molar-refractivity contribution >= 4 is 0 Å². The van der Waals surface area contributed by atoms with Gasteiger partial charge in [-0.2, -0.15) is 0 Å². The van der Waals surface area contributed by atoms with Crippen LogP contribution in [0.3, 0.4) is 0 Å². The van der Waals surface area contributed by atoms with Gasteiger partial charge in [-0.25, -0.2) is 0 Å². The molecule has 0 spiro atoms. The van der Waals surface area contributed by atoms with Gasteiger partial charge in [0.15, 0.2) is 0 Å². The first kappa shape index (κ1) is 10.7. The molecule has 1 fully saturated rings. The summed E-state index contributed by atoms with van der Waals surface area (Å²) in [6.07, 6.45) is 2.59. The van der Waals surface area contributed by atoms with Gasteiger partial charge in [0, 0.05) is 0 Å². The number of hydrogen-bond donors (Lipinski definition) is 1. The van der Waals surface area contributed by atoms with Gasteiger partial charge in [0.25, 0.3) is 0 Å². The summed E-state index contributed by atoms with van der Waals surface area (Å²) in [6.45, 7) is 8.80. The van der Waals surface area contributed by atoms with Crippen LogP contribution in [0, 0.1) is 19.8 Å². The SMILES string of the molecule is Cc1cc(C(C)C2CCNCC2)c(C)o1. The van der Waals surface area contributed by atoms with Crippen LogP contribution in [0.15, 0.2) is 10.5 Å². The topological polar surface area (TPSA) is 25.2 Å². The molecule has 15 heavy (non-hydrogen) atoms. The molecule has 1 aromatic rings. The quantitative estimate of drug-likeness (QED) is 0.806. The van der Waals surface area contributed by atoms with Crippen molar-refractivity contribution in [1.82, 2.24) is 5.32 Å². The second-order valence-electron chi connectivity index (χ2n) is 4.74. The maximum Gasteiger partial charge on any atom is 0.104 e. The number of rotatable bonds is 2. The summed E-state index contributed by atoms with van der Waals surface area (Å²) in [5, 5.41) is 3.42. The summed E-state index contributed by atoms with van der Waals surface area (Å²) in [5.41, 5.74) is 1.42. The van der Waals surface area contributed by atoms with Gasteiger partial charge in [-0.1, -0.05) is 6.92 Å². The summed E-state index contributed by atoms with van der Waals surface area (Å²) >= 11 is 0. The lowest BCUT2D eigenvalue weighted by Gasteiger charge is -2.28. The lowest BCUT2D eigenvalue weighted by molar-refractivity contribution is 0.328. The first-order valence-electron chi connectivity index (χ1n) is 5.96. The van der Waals surface area contributed by atoms with Crippen LogP contribution in [0.4, 0.5) is 0 Å². The molecule has 0 aliphatic carbocycles. The van der Waals surface area contributed by atoms with Crippen LogP contribution in [0.25, 0.3) is 0 Å². The monoisotopic (exact) mass is 207 g/mol. The van der Waals surface area contributed by atoms with Crippen LogP contribution in [-0.4, -0.2) is 13.1 Å². The Morgan fingerprint density at radius 2 is 2.00 bits per heavy atom. The lowest BCUT2D eigenvalue weighted by atomic mass is 9.82. The van der Waals surface area contributed by atoms with Crippen molar-refractivity contribution in [3.8, 4) is 0 Å². The van der Waals surface area contributed by atoms with Gasteiger partial charge in [0.05, 0.1) is 0 Å². The molecule has 1 unspecified atom stereocenters. The fraction of sp³-hybridized carbons (Fsp3) is 0.692. The van der Waals surface area contributed by atoms with Gasteiger partial charge in [-0.15, -0.1) is 0 Å². The van der Waals surface area contributed by atoms with E-state index >= 15 is 0 Å². The van der Waals surface area contributed by atoms with Crippen LogP contribution >= 0.6 is 0 Å². The molecule has 1 N–H and O–H groups in total. The number of hydrogen-bond acceptors (Lipinski definition) is 2. The fourth-order valence-electron chi connectivity index (χ4n) is 2.70. The number of furan rings is 1. The average Bonchev–Trinajstić information content (AvgIpc) is 2.58. The zero-order valence-corrected chi connectivity index (χ0v) is 9.97. The molecule has 1 aliphatic rings. The van der Waals surface area contributed by atoms with Crippen molar-refractivity contribution in [3.05, 3.63) is 23.2 Å². The minimum atomic E-state index is 0.643. The van der Waals surface area contributed by atoms with E-state index in [0.717, 1.165) is 17.4 Å². The highest BCUT2D eigenvalue weighted by Crippen LogP contribution is 2.33. The molecule has 1 saturated heterocycles. The van der Waals surface area contributed by atoms with Gasteiger partial charge in [0.2, 0.25) is 0 Å². The van der Waals surface area contributed by atoms with Gasteiger partial charge in [0.1, 0.15) is 11.5 Å². The van der Waals surface area contributed by atoms with E-state index < -0.39 is 0 Å². The third kappa shape index (κ3) is 2.25. The highest BCUT2D eigenvalue weighted by molar-refractivity contribution is 5.24. The molecule has 0 radical (unpaired) electrons. The van der Waals surface area contributed by atoms with Crippen LogP contribution in [0.2, 0.25) is 0 Å². The molecule has 0 aromatic carbocycles. The minimum absolute atomic E-state index is 0.643. The fourth-order valence-corrected chi connectivity index (χ4v) is 2.70. The molecule has 0 amide bonds. The van der Waals surface area contributed by atoms with E-state index in [2.05, 4.69) is 25.2 Å². The molecule has 1 aromatic heterocycles. The molecular formula is C13H21NO. The van der Waals surface area contributed by atoms with Crippen LogP contribution < -0.4 is 5.32 Å². The molecule has 1 atom stereocenters. The first-order chi connectivity index (χ1) is 7.18. The number of nitrogens with one attached hydrogen (secondary N) is 1. The predicted octanol–water partition coefficient (Wildman–Crippen LogP) is 3.00. The lowest BCUT2D eigenvalue weighted by Crippen LogP contribution is -2.30. The Morgan fingerprint density at radius 1 is 1.33 bits per heavy atom. The van der Waals surface area contributed by atoms with Crippen molar-refractivity contribution in [2.45, 2.75) is 39.5 Å². The predicted molar refractivity (Wildman–Crippen MR) is 62.2 cm³/mol.